The smallest absolute Gasteiger partial charge is 0.245 e. The third kappa shape index (κ3) is 4.01. The van der Waals surface area contributed by atoms with Gasteiger partial charge >= 0.3 is 0 Å². The summed E-state index contributed by atoms with van der Waals surface area (Å²) in [5, 5.41) is 19.4. The fraction of sp³-hybridized carbons (Fsp3) is 0. The average Bonchev–Trinajstić information content (AvgIpc) is 2.86. The average molecular weight is 540 g/mol. The molecule has 0 atom stereocenters. The van der Waals surface area contributed by atoms with Gasteiger partial charge in [-0.2, -0.15) is 51.8 Å². The van der Waals surface area contributed by atoms with Crippen LogP contribution in [0.15, 0.2) is 12.1 Å². The molecule has 16 heteroatoms. The number of pyridine rings is 4. The predicted octanol–water partition coefficient (Wildman–Crippen LogP) is 5.40. The zero-order valence-electron chi connectivity index (χ0n) is 17.6. The molecule has 0 bridgehead atoms. The lowest BCUT2D eigenvalue weighted by Crippen LogP contribution is -2.10. The summed E-state index contributed by atoms with van der Waals surface area (Å²) in [7, 11) is 0. The number of hydrogen-bond acceptors (Lipinski definition) is 6. The van der Waals surface area contributed by atoms with E-state index in [1.807, 2.05) is 0 Å². The van der Waals surface area contributed by atoms with Gasteiger partial charge in [0.05, 0.1) is 28.1 Å². The summed E-state index contributed by atoms with van der Waals surface area (Å²) in [6.45, 7) is 0. The number of halogens is 10. The van der Waals surface area contributed by atoms with Gasteiger partial charge < -0.3 is 0 Å². The maximum atomic E-state index is 14.7. The largest absolute Gasteiger partial charge is 0.252 e. The molecule has 0 radical (unpaired) electrons. The van der Waals surface area contributed by atoms with Crippen molar-refractivity contribution in [1.82, 2.24) is 19.9 Å². The van der Waals surface area contributed by atoms with Gasteiger partial charge in [0, 0.05) is 28.8 Å². The van der Waals surface area contributed by atoms with Crippen molar-refractivity contribution in [3.63, 3.8) is 0 Å². The van der Waals surface area contributed by atoms with Gasteiger partial charge in [0.15, 0.2) is 23.3 Å². The van der Waals surface area contributed by atoms with E-state index in [1.54, 1.807) is 0 Å². The zero-order chi connectivity index (χ0) is 28.0. The molecule has 0 saturated heterocycles. The minimum absolute atomic E-state index is 0.105. The molecule has 6 nitrogen and oxygen atoms in total. The lowest BCUT2D eigenvalue weighted by Gasteiger charge is -2.17. The van der Waals surface area contributed by atoms with Crippen LogP contribution in [-0.2, 0) is 0 Å². The Kier molecular flexibility index (Phi) is 6.42. The molecule has 0 aliphatic carbocycles. The second-order valence-corrected chi connectivity index (χ2v) is 7.05. The van der Waals surface area contributed by atoms with Gasteiger partial charge in [0.25, 0.3) is 23.8 Å². The number of rotatable bonds is 3. The summed E-state index contributed by atoms with van der Waals surface area (Å²) < 4.78 is 142. The van der Waals surface area contributed by atoms with Crippen LogP contribution >= 0.6 is 0 Å². The Bertz CT molecular complexity index is 1730. The monoisotopic (exact) mass is 540 g/mol. The van der Waals surface area contributed by atoms with Crippen LogP contribution in [0.4, 0.5) is 43.9 Å². The fourth-order valence-electron chi connectivity index (χ4n) is 3.43. The van der Waals surface area contributed by atoms with Crippen molar-refractivity contribution in [2.24, 2.45) is 0 Å². The van der Waals surface area contributed by atoms with Crippen LogP contribution in [0, 0.1) is 81.6 Å². The van der Waals surface area contributed by atoms with Gasteiger partial charge in [-0.3, -0.25) is 0 Å². The van der Waals surface area contributed by atoms with E-state index in [2.05, 4.69) is 19.9 Å². The summed E-state index contributed by atoms with van der Waals surface area (Å²) in [5.74, 6) is -21.0. The molecule has 4 rings (SSSR count). The van der Waals surface area contributed by atoms with Crippen molar-refractivity contribution in [2.45, 2.75) is 0 Å². The Hall–Kier alpha value is -5.12. The Labute approximate surface area is 203 Å². The van der Waals surface area contributed by atoms with Crippen LogP contribution in [0.25, 0.3) is 33.6 Å². The lowest BCUT2D eigenvalue weighted by molar-refractivity contribution is 0.410. The molecule has 0 spiro atoms. The highest BCUT2D eigenvalue weighted by Gasteiger charge is 2.33. The third-order valence-electron chi connectivity index (χ3n) is 4.95. The maximum Gasteiger partial charge on any atom is 0.252 e. The van der Waals surface area contributed by atoms with Gasteiger partial charge in [-0.05, 0) is 0 Å². The van der Waals surface area contributed by atoms with Gasteiger partial charge in [-0.25, -0.2) is 22.5 Å². The van der Waals surface area contributed by atoms with Gasteiger partial charge in [-0.1, -0.05) is 0 Å². The van der Waals surface area contributed by atoms with Gasteiger partial charge in [0.2, 0.25) is 11.9 Å². The molecule has 0 saturated carbocycles. The molecule has 0 N–H and O–H groups in total. The highest BCUT2D eigenvalue weighted by molar-refractivity contribution is 5.89. The van der Waals surface area contributed by atoms with E-state index in [9.17, 15) is 54.4 Å². The van der Waals surface area contributed by atoms with Crippen LogP contribution < -0.4 is 0 Å². The van der Waals surface area contributed by atoms with Gasteiger partial charge in [-0.15, -0.1) is 0 Å². The standard InChI is InChI=1S/C22H2F10N6/c23-9-1-5(13(25)19(29)35-9)11-7(3-33)17(6-2-10(24)36-20(30)14(6)26)37-18(8(11)4-34)12-15(27)21(31)38-22(32)16(12)28/h1-2H. The number of nitriles is 2. The Balaban J connectivity index is 2.34. The van der Waals surface area contributed by atoms with E-state index in [4.69, 9.17) is 0 Å². The number of nitrogens with zero attached hydrogens (tertiary/aromatic N) is 6. The second-order valence-electron chi connectivity index (χ2n) is 7.05. The summed E-state index contributed by atoms with van der Waals surface area (Å²) >= 11 is 0. The molecule has 4 aromatic heterocycles. The van der Waals surface area contributed by atoms with Crippen LogP contribution in [0.3, 0.4) is 0 Å². The van der Waals surface area contributed by atoms with Crippen LogP contribution in [0.2, 0.25) is 0 Å². The molecule has 0 aliphatic rings. The second kappa shape index (κ2) is 9.40. The van der Waals surface area contributed by atoms with E-state index >= 15 is 0 Å². The van der Waals surface area contributed by atoms with E-state index in [-0.39, 0.29) is 12.1 Å². The van der Waals surface area contributed by atoms with Crippen molar-refractivity contribution < 1.29 is 43.9 Å². The number of aromatic nitrogens is 4. The van der Waals surface area contributed by atoms with Crippen molar-refractivity contribution >= 4 is 0 Å². The highest BCUT2D eigenvalue weighted by atomic mass is 19.2. The Morgan fingerprint density at radius 2 is 0.895 bits per heavy atom. The molecule has 0 fully saturated rings. The third-order valence-corrected chi connectivity index (χ3v) is 4.95. The predicted molar refractivity (Wildman–Crippen MR) is 103 cm³/mol. The first-order chi connectivity index (χ1) is 17.9. The minimum Gasteiger partial charge on any atom is -0.245 e. The topological polar surface area (TPSA) is 99.1 Å². The van der Waals surface area contributed by atoms with E-state index < -0.39 is 104 Å². The Morgan fingerprint density at radius 3 is 1.39 bits per heavy atom. The van der Waals surface area contributed by atoms with Crippen molar-refractivity contribution in [3.05, 3.63) is 82.2 Å². The van der Waals surface area contributed by atoms with E-state index in [0.29, 0.717) is 0 Å². The van der Waals surface area contributed by atoms with Crippen LogP contribution in [0.1, 0.15) is 11.1 Å². The maximum absolute atomic E-state index is 14.7. The summed E-state index contributed by atoms with van der Waals surface area (Å²) in [6, 6.07) is 2.71. The van der Waals surface area contributed by atoms with Crippen LogP contribution in [0.5, 0.6) is 0 Å². The molecule has 4 aromatic rings. The normalized spacial score (nSPS) is 10.8. The molecular weight excluding hydrogens is 538 g/mol. The molecule has 190 valence electrons. The Morgan fingerprint density at radius 1 is 0.474 bits per heavy atom. The minimum atomic E-state index is -2.30. The van der Waals surface area contributed by atoms with E-state index in [1.165, 1.54) is 12.1 Å². The molecule has 0 unspecified atom stereocenters. The summed E-state index contributed by atoms with van der Waals surface area (Å²) in [4.78, 5) is 10.8. The summed E-state index contributed by atoms with van der Waals surface area (Å²) in [5.41, 5.74) is -11.0. The first-order valence-corrected chi connectivity index (χ1v) is 9.53. The van der Waals surface area contributed by atoms with Crippen LogP contribution in [-0.4, -0.2) is 19.9 Å². The zero-order valence-corrected chi connectivity index (χ0v) is 17.6. The van der Waals surface area contributed by atoms with Gasteiger partial charge in [0.1, 0.15) is 12.1 Å². The highest BCUT2D eigenvalue weighted by Crippen LogP contribution is 2.42. The molecule has 0 aromatic carbocycles. The van der Waals surface area contributed by atoms with Crippen molar-refractivity contribution in [3.8, 4) is 45.8 Å². The van der Waals surface area contributed by atoms with Crippen molar-refractivity contribution in [2.75, 3.05) is 0 Å². The summed E-state index contributed by atoms with van der Waals surface area (Å²) in [6.07, 6.45) is 0. The molecule has 38 heavy (non-hydrogen) atoms. The van der Waals surface area contributed by atoms with E-state index in [0.717, 1.165) is 0 Å². The number of hydrogen-bond donors (Lipinski definition) is 0. The molecule has 0 amide bonds. The molecular formula is C22H2F10N6. The fourth-order valence-corrected chi connectivity index (χ4v) is 3.43. The lowest BCUT2D eigenvalue weighted by atomic mass is 9.89. The first-order valence-electron chi connectivity index (χ1n) is 9.53. The SMILES string of the molecule is N#Cc1c(-c2cc(F)nc(F)c2F)nc(-c2c(F)c(F)nc(F)c2F)c(C#N)c1-c1cc(F)nc(F)c1F. The van der Waals surface area contributed by atoms with Crippen molar-refractivity contribution in [1.29, 1.82) is 10.5 Å². The molecule has 4 heterocycles. The molecule has 0 aliphatic heterocycles. The first kappa shape index (κ1) is 26.0. The quantitative estimate of drug-likeness (QED) is 0.255.